The normalized spacial score (nSPS) is 19.6. The quantitative estimate of drug-likeness (QED) is 0.893. The highest BCUT2D eigenvalue weighted by molar-refractivity contribution is 5.75. The fourth-order valence-corrected chi connectivity index (χ4v) is 3.11. The third kappa shape index (κ3) is 3.91. The summed E-state index contributed by atoms with van der Waals surface area (Å²) in [5.74, 6) is -2.00. The third-order valence-electron chi connectivity index (χ3n) is 4.40. The van der Waals surface area contributed by atoms with Gasteiger partial charge in [-0.2, -0.15) is 0 Å². The van der Waals surface area contributed by atoms with Crippen molar-refractivity contribution in [2.24, 2.45) is 5.92 Å². The second kappa shape index (κ2) is 7.25. The molecule has 0 spiro atoms. The molecule has 1 saturated heterocycles. The summed E-state index contributed by atoms with van der Waals surface area (Å²) in [4.78, 5) is 25.3. The second-order valence-corrected chi connectivity index (χ2v) is 6.09. The number of ether oxygens (including phenoxy) is 1. The van der Waals surface area contributed by atoms with Crippen LogP contribution >= 0.6 is 0 Å². The van der Waals surface area contributed by atoms with E-state index in [1.165, 1.54) is 11.0 Å². The van der Waals surface area contributed by atoms with Crippen molar-refractivity contribution in [3.05, 3.63) is 65.7 Å². The lowest BCUT2D eigenvalue weighted by molar-refractivity contribution is -0.141. The van der Waals surface area contributed by atoms with Gasteiger partial charge in [-0.15, -0.1) is 0 Å². The molecule has 0 unspecified atom stereocenters. The zero-order valence-electron chi connectivity index (χ0n) is 13.5. The predicted octanol–water partition coefficient (Wildman–Crippen LogP) is 2.83. The minimum Gasteiger partial charge on any atom is -0.508 e. The van der Waals surface area contributed by atoms with Crippen LogP contribution in [-0.4, -0.2) is 40.3 Å². The first-order valence-corrected chi connectivity index (χ1v) is 8.02. The van der Waals surface area contributed by atoms with Crippen LogP contribution in [0.4, 0.5) is 4.79 Å². The van der Waals surface area contributed by atoms with E-state index in [0.717, 1.165) is 5.56 Å². The largest absolute Gasteiger partial charge is 0.508 e. The Balaban J connectivity index is 1.69. The summed E-state index contributed by atoms with van der Waals surface area (Å²) in [6.07, 6.45) is -0.530. The van der Waals surface area contributed by atoms with Crippen molar-refractivity contribution >= 4 is 12.1 Å². The molecular formula is C19H19NO5. The maximum Gasteiger partial charge on any atom is 0.410 e. The Labute approximate surface area is 145 Å². The predicted molar refractivity (Wildman–Crippen MR) is 90.2 cm³/mol. The standard InChI is InChI=1S/C19H19NO5/c21-15-8-4-7-14(9-15)16-10-20(11-17(16)18(22)23)19(24)25-12-13-5-2-1-3-6-13/h1-9,16-17,21H,10-12H2,(H,22,23)/t16-,17+/m0/s1. The lowest BCUT2D eigenvalue weighted by Crippen LogP contribution is -2.30. The molecule has 0 saturated carbocycles. The van der Waals surface area contributed by atoms with Crippen molar-refractivity contribution in [3.8, 4) is 5.75 Å². The topological polar surface area (TPSA) is 87.1 Å². The highest BCUT2D eigenvalue weighted by atomic mass is 16.6. The Morgan fingerprint density at radius 1 is 1.08 bits per heavy atom. The van der Waals surface area contributed by atoms with Gasteiger partial charge in [0.25, 0.3) is 0 Å². The zero-order valence-corrected chi connectivity index (χ0v) is 13.5. The highest BCUT2D eigenvalue weighted by Gasteiger charge is 2.41. The molecule has 2 aromatic carbocycles. The lowest BCUT2D eigenvalue weighted by atomic mass is 9.89. The number of likely N-dealkylation sites (tertiary alicyclic amines) is 1. The molecule has 0 radical (unpaired) electrons. The fraction of sp³-hybridized carbons (Fsp3) is 0.263. The van der Waals surface area contributed by atoms with Gasteiger partial charge in [0, 0.05) is 19.0 Å². The molecule has 130 valence electrons. The number of aromatic hydroxyl groups is 1. The average Bonchev–Trinajstić information content (AvgIpc) is 3.06. The maximum absolute atomic E-state index is 12.3. The molecule has 1 fully saturated rings. The van der Waals surface area contributed by atoms with Gasteiger partial charge in [0.05, 0.1) is 5.92 Å². The SMILES string of the molecule is O=C(O)[C@@H]1CN(C(=O)OCc2ccccc2)C[C@H]1c1cccc(O)c1. The van der Waals surface area contributed by atoms with E-state index >= 15 is 0 Å². The van der Waals surface area contributed by atoms with Crippen LogP contribution in [0.2, 0.25) is 0 Å². The van der Waals surface area contributed by atoms with Crippen molar-refractivity contribution in [2.75, 3.05) is 13.1 Å². The first-order valence-electron chi connectivity index (χ1n) is 8.02. The molecule has 3 rings (SSSR count). The van der Waals surface area contributed by atoms with Gasteiger partial charge in [-0.05, 0) is 23.3 Å². The van der Waals surface area contributed by atoms with Crippen molar-refractivity contribution in [3.63, 3.8) is 0 Å². The van der Waals surface area contributed by atoms with Crippen LogP contribution in [0.15, 0.2) is 54.6 Å². The van der Waals surface area contributed by atoms with E-state index in [1.54, 1.807) is 18.2 Å². The molecule has 1 amide bonds. The van der Waals surface area contributed by atoms with Gasteiger partial charge in [-0.3, -0.25) is 4.79 Å². The van der Waals surface area contributed by atoms with E-state index in [-0.39, 0.29) is 31.4 Å². The Hall–Kier alpha value is -3.02. The van der Waals surface area contributed by atoms with E-state index in [4.69, 9.17) is 4.74 Å². The Kier molecular flexibility index (Phi) is 4.88. The van der Waals surface area contributed by atoms with Crippen molar-refractivity contribution in [1.82, 2.24) is 4.90 Å². The number of carbonyl (C=O) groups excluding carboxylic acids is 1. The number of hydrogen-bond acceptors (Lipinski definition) is 4. The maximum atomic E-state index is 12.3. The van der Waals surface area contributed by atoms with Crippen LogP contribution < -0.4 is 0 Å². The van der Waals surface area contributed by atoms with E-state index in [1.807, 2.05) is 30.3 Å². The molecule has 2 atom stereocenters. The number of aliphatic carboxylic acids is 1. The minimum atomic E-state index is -0.966. The summed E-state index contributed by atoms with van der Waals surface area (Å²) in [5, 5.41) is 19.1. The van der Waals surface area contributed by atoms with Gasteiger partial charge in [0.15, 0.2) is 0 Å². The average molecular weight is 341 g/mol. The number of phenolic OH excluding ortho intramolecular Hbond substituents is 1. The monoisotopic (exact) mass is 341 g/mol. The van der Waals surface area contributed by atoms with Crippen LogP contribution in [-0.2, 0) is 16.1 Å². The number of nitrogens with zero attached hydrogens (tertiary/aromatic N) is 1. The molecule has 1 aliphatic heterocycles. The smallest absolute Gasteiger partial charge is 0.410 e. The number of phenols is 1. The molecule has 6 heteroatoms. The van der Waals surface area contributed by atoms with Crippen LogP contribution in [0.25, 0.3) is 0 Å². The van der Waals surface area contributed by atoms with E-state index < -0.39 is 18.0 Å². The number of carbonyl (C=O) groups is 2. The molecule has 0 aliphatic carbocycles. The van der Waals surface area contributed by atoms with Gasteiger partial charge in [0.2, 0.25) is 0 Å². The number of hydrogen-bond donors (Lipinski definition) is 2. The summed E-state index contributed by atoms with van der Waals surface area (Å²) < 4.78 is 5.29. The molecule has 2 aromatic rings. The first-order chi connectivity index (χ1) is 12.0. The van der Waals surface area contributed by atoms with Crippen molar-refractivity contribution < 1.29 is 24.5 Å². The van der Waals surface area contributed by atoms with Gasteiger partial charge < -0.3 is 19.8 Å². The number of rotatable bonds is 4. The molecular weight excluding hydrogens is 322 g/mol. The molecule has 2 N–H and O–H groups in total. The molecule has 0 bridgehead atoms. The number of benzene rings is 2. The number of amides is 1. The van der Waals surface area contributed by atoms with E-state index in [2.05, 4.69) is 0 Å². The summed E-state index contributed by atoms with van der Waals surface area (Å²) in [7, 11) is 0. The first kappa shape index (κ1) is 16.8. The summed E-state index contributed by atoms with van der Waals surface area (Å²) in [5.41, 5.74) is 1.57. The summed E-state index contributed by atoms with van der Waals surface area (Å²) >= 11 is 0. The zero-order chi connectivity index (χ0) is 17.8. The summed E-state index contributed by atoms with van der Waals surface area (Å²) in [6.45, 7) is 0.474. The van der Waals surface area contributed by atoms with Crippen LogP contribution in [0.3, 0.4) is 0 Å². The van der Waals surface area contributed by atoms with Crippen LogP contribution in [0, 0.1) is 5.92 Å². The van der Waals surface area contributed by atoms with Crippen LogP contribution in [0.1, 0.15) is 17.0 Å². The van der Waals surface area contributed by atoms with E-state index in [0.29, 0.717) is 5.56 Å². The van der Waals surface area contributed by atoms with Gasteiger partial charge in [0.1, 0.15) is 12.4 Å². The molecule has 1 aliphatic rings. The fourth-order valence-electron chi connectivity index (χ4n) is 3.11. The Morgan fingerprint density at radius 3 is 2.52 bits per heavy atom. The molecule has 1 heterocycles. The van der Waals surface area contributed by atoms with E-state index in [9.17, 15) is 19.8 Å². The van der Waals surface area contributed by atoms with Crippen LogP contribution in [0.5, 0.6) is 5.75 Å². The molecule has 0 aromatic heterocycles. The van der Waals surface area contributed by atoms with Gasteiger partial charge in [-0.25, -0.2) is 4.79 Å². The Bertz CT molecular complexity index is 761. The summed E-state index contributed by atoms with van der Waals surface area (Å²) in [6, 6.07) is 15.8. The molecule has 25 heavy (non-hydrogen) atoms. The van der Waals surface area contributed by atoms with Gasteiger partial charge >= 0.3 is 12.1 Å². The lowest BCUT2D eigenvalue weighted by Gasteiger charge is -2.16. The number of carboxylic acid groups (broad SMARTS) is 1. The minimum absolute atomic E-state index is 0.0757. The van der Waals surface area contributed by atoms with Crippen molar-refractivity contribution in [2.45, 2.75) is 12.5 Å². The number of carboxylic acids is 1. The Morgan fingerprint density at radius 2 is 1.84 bits per heavy atom. The second-order valence-electron chi connectivity index (χ2n) is 6.09. The molecule has 6 nitrogen and oxygen atoms in total. The third-order valence-corrected chi connectivity index (χ3v) is 4.40. The van der Waals surface area contributed by atoms with Gasteiger partial charge in [-0.1, -0.05) is 42.5 Å². The van der Waals surface area contributed by atoms with Crippen molar-refractivity contribution in [1.29, 1.82) is 0 Å². The highest BCUT2D eigenvalue weighted by Crippen LogP contribution is 2.34.